The van der Waals surface area contributed by atoms with E-state index >= 15 is 0 Å². The van der Waals surface area contributed by atoms with Gasteiger partial charge in [-0.15, -0.1) is 0 Å². The largest absolute Gasteiger partial charge is 0.492 e. The minimum atomic E-state index is -0.529. The number of carbonyl (C=O) groups is 1. The molecule has 1 aromatic rings. The Balaban J connectivity index is 1.96. The third-order valence-corrected chi connectivity index (χ3v) is 4.32. The van der Waals surface area contributed by atoms with Gasteiger partial charge in [-0.25, -0.2) is 0 Å². The van der Waals surface area contributed by atoms with Crippen LogP contribution in [-0.2, 0) is 4.79 Å². The molecule has 4 heteroatoms. The van der Waals surface area contributed by atoms with Crippen molar-refractivity contribution in [1.82, 2.24) is 4.90 Å². The molecule has 2 N–H and O–H groups in total. The molecule has 0 radical (unpaired) electrons. The molecule has 0 aromatic heterocycles. The zero-order chi connectivity index (χ0) is 16.3. The van der Waals surface area contributed by atoms with E-state index in [2.05, 4.69) is 13.0 Å². The van der Waals surface area contributed by atoms with Gasteiger partial charge >= 0.3 is 0 Å². The Kier molecular flexibility index (Phi) is 5.12. The molecule has 0 bridgehead atoms. The highest BCUT2D eigenvalue weighted by Gasteiger charge is 2.34. The fraction of sp³-hybridized carbons (Fsp3) is 0.611. The molecule has 2 rings (SSSR count). The van der Waals surface area contributed by atoms with Crippen LogP contribution in [0.3, 0.4) is 0 Å². The van der Waals surface area contributed by atoms with Crippen LogP contribution < -0.4 is 10.5 Å². The normalized spacial score (nSPS) is 16.7. The topological polar surface area (TPSA) is 55.6 Å². The lowest BCUT2D eigenvalue weighted by Gasteiger charge is -2.36. The average molecular weight is 304 g/mol. The minimum Gasteiger partial charge on any atom is -0.492 e. The van der Waals surface area contributed by atoms with E-state index in [1.54, 1.807) is 0 Å². The predicted molar refractivity (Wildman–Crippen MR) is 89.0 cm³/mol. The summed E-state index contributed by atoms with van der Waals surface area (Å²) in [5.74, 6) is 1.01. The van der Waals surface area contributed by atoms with E-state index in [1.807, 2.05) is 37.8 Å². The van der Waals surface area contributed by atoms with Crippen LogP contribution in [0.2, 0.25) is 0 Å². The Labute approximate surface area is 133 Å². The second-order valence-corrected chi connectivity index (χ2v) is 7.07. The van der Waals surface area contributed by atoms with Crippen molar-refractivity contribution >= 4 is 5.91 Å². The van der Waals surface area contributed by atoms with E-state index in [0.29, 0.717) is 6.61 Å². The summed E-state index contributed by atoms with van der Waals surface area (Å²) in [5.41, 5.74) is 7.69. The number of hydrogen-bond acceptors (Lipinski definition) is 3. The Bertz CT molecular complexity index is 532. The summed E-state index contributed by atoms with van der Waals surface area (Å²) in [7, 11) is 0. The standard InChI is InChI=1S/C18H28N2O2/c1-13-5-6-16(14(2)11-13)22-12-18(3,4)17(21)20-9-7-15(19)8-10-20/h5-6,11,15H,7-10,12,19H2,1-4H3. The predicted octanol–water partition coefficient (Wildman–Crippen LogP) is 2.66. The first-order chi connectivity index (χ1) is 10.3. The molecular weight excluding hydrogens is 276 g/mol. The number of hydrogen-bond donors (Lipinski definition) is 1. The van der Waals surface area contributed by atoms with Crippen LogP contribution in [0.4, 0.5) is 0 Å². The first kappa shape index (κ1) is 16.8. The summed E-state index contributed by atoms with van der Waals surface area (Å²) in [6.07, 6.45) is 1.78. The zero-order valence-corrected chi connectivity index (χ0v) is 14.2. The molecule has 0 aliphatic carbocycles. The second kappa shape index (κ2) is 6.69. The van der Waals surface area contributed by atoms with Crippen LogP contribution >= 0.6 is 0 Å². The molecule has 1 aromatic carbocycles. The van der Waals surface area contributed by atoms with Crippen LogP contribution in [0.15, 0.2) is 18.2 Å². The summed E-state index contributed by atoms with van der Waals surface area (Å²) < 4.78 is 5.92. The lowest BCUT2D eigenvalue weighted by molar-refractivity contribution is -0.143. The number of nitrogens with zero attached hydrogens (tertiary/aromatic N) is 1. The van der Waals surface area contributed by atoms with Crippen LogP contribution in [-0.4, -0.2) is 36.5 Å². The molecule has 1 aliphatic rings. The maximum Gasteiger partial charge on any atom is 0.231 e. The SMILES string of the molecule is Cc1ccc(OCC(C)(C)C(=O)N2CCC(N)CC2)c(C)c1. The molecular formula is C18H28N2O2. The van der Waals surface area contributed by atoms with Gasteiger partial charge in [0, 0.05) is 19.1 Å². The highest BCUT2D eigenvalue weighted by molar-refractivity contribution is 5.82. The van der Waals surface area contributed by atoms with E-state index in [9.17, 15) is 4.79 Å². The van der Waals surface area contributed by atoms with Crippen molar-refractivity contribution < 1.29 is 9.53 Å². The highest BCUT2D eigenvalue weighted by atomic mass is 16.5. The molecule has 22 heavy (non-hydrogen) atoms. The number of likely N-dealkylation sites (tertiary alicyclic amines) is 1. The van der Waals surface area contributed by atoms with Gasteiger partial charge in [0.05, 0.1) is 5.41 Å². The minimum absolute atomic E-state index is 0.157. The van der Waals surface area contributed by atoms with Crippen LogP contribution in [0.25, 0.3) is 0 Å². The summed E-state index contributed by atoms with van der Waals surface area (Å²) in [6, 6.07) is 6.34. The van der Waals surface area contributed by atoms with Crippen LogP contribution in [0.1, 0.15) is 37.8 Å². The Morgan fingerprint density at radius 2 is 1.95 bits per heavy atom. The number of amides is 1. The maximum absolute atomic E-state index is 12.7. The summed E-state index contributed by atoms with van der Waals surface area (Å²) in [5, 5.41) is 0. The fourth-order valence-electron chi connectivity index (χ4n) is 2.81. The number of ether oxygens (including phenoxy) is 1. The van der Waals surface area contributed by atoms with Gasteiger partial charge in [-0.1, -0.05) is 17.7 Å². The first-order valence-electron chi connectivity index (χ1n) is 8.04. The summed E-state index contributed by atoms with van der Waals surface area (Å²) in [4.78, 5) is 14.6. The molecule has 4 nitrogen and oxygen atoms in total. The maximum atomic E-state index is 12.7. The molecule has 1 saturated heterocycles. The molecule has 0 spiro atoms. The van der Waals surface area contributed by atoms with E-state index in [-0.39, 0.29) is 11.9 Å². The number of aryl methyl sites for hydroxylation is 2. The van der Waals surface area contributed by atoms with Gasteiger partial charge in [0.25, 0.3) is 0 Å². The third-order valence-electron chi connectivity index (χ3n) is 4.32. The molecule has 1 amide bonds. The van der Waals surface area contributed by atoms with Crippen molar-refractivity contribution in [2.45, 2.75) is 46.6 Å². The number of nitrogens with two attached hydrogens (primary N) is 1. The van der Waals surface area contributed by atoms with Crippen molar-refractivity contribution in [3.8, 4) is 5.75 Å². The lowest BCUT2D eigenvalue weighted by Crippen LogP contribution is -2.49. The Morgan fingerprint density at radius 1 is 1.32 bits per heavy atom. The average Bonchev–Trinajstić information content (AvgIpc) is 2.46. The smallest absolute Gasteiger partial charge is 0.231 e. The zero-order valence-electron chi connectivity index (χ0n) is 14.2. The van der Waals surface area contributed by atoms with E-state index < -0.39 is 5.41 Å². The van der Waals surface area contributed by atoms with Gasteiger partial charge < -0.3 is 15.4 Å². The van der Waals surface area contributed by atoms with Gasteiger partial charge in [-0.05, 0) is 52.2 Å². The van der Waals surface area contributed by atoms with Crippen molar-refractivity contribution in [2.75, 3.05) is 19.7 Å². The lowest BCUT2D eigenvalue weighted by atomic mass is 9.91. The molecule has 1 heterocycles. The van der Waals surface area contributed by atoms with Gasteiger partial charge in [-0.3, -0.25) is 4.79 Å². The van der Waals surface area contributed by atoms with Crippen LogP contribution in [0, 0.1) is 19.3 Å². The third kappa shape index (κ3) is 4.01. The van der Waals surface area contributed by atoms with Gasteiger partial charge in [0.1, 0.15) is 12.4 Å². The van der Waals surface area contributed by atoms with E-state index in [4.69, 9.17) is 10.5 Å². The Morgan fingerprint density at radius 3 is 2.55 bits per heavy atom. The quantitative estimate of drug-likeness (QED) is 0.930. The number of rotatable bonds is 4. The summed E-state index contributed by atoms with van der Waals surface area (Å²) in [6.45, 7) is 9.90. The molecule has 1 aliphatic heterocycles. The first-order valence-corrected chi connectivity index (χ1v) is 8.04. The molecule has 1 fully saturated rings. The number of piperidine rings is 1. The monoisotopic (exact) mass is 304 g/mol. The number of benzene rings is 1. The van der Waals surface area contributed by atoms with Crippen molar-refractivity contribution in [3.63, 3.8) is 0 Å². The molecule has 0 atom stereocenters. The second-order valence-electron chi connectivity index (χ2n) is 7.07. The molecule has 0 unspecified atom stereocenters. The molecule has 0 saturated carbocycles. The van der Waals surface area contributed by atoms with Gasteiger partial charge in [0.2, 0.25) is 5.91 Å². The highest BCUT2D eigenvalue weighted by Crippen LogP contribution is 2.25. The van der Waals surface area contributed by atoms with Crippen LogP contribution in [0.5, 0.6) is 5.75 Å². The fourth-order valence-corrected chi connectivity index (χ4v) is 2.81. The van der Waals surface area contributed by atoms with Gasteiger partial charge in [0.15, 0.2) is 0 Å². The van der Waals surface area contributed by atoms with E-state index in [1.165, 1.54) is 5.56 Å². The number of carbonyl (C=O) groups excluding carboxylic acids is 1. The Hall–Kier alpha value is -1.55. The van der Waals surface area contributed by atoms with Crippen molar-refractivity contribution in [2.24, 2.45) is 11.1 Å². The van der Waals surface area contributed by atoms with E-state index in [0.717, 1.165) is 37.2 Å². The summed E-state index contributed by atoms with van der Waals surface area (Å²) >= 11 is 0. The van der Waals surface area contributed by atoms with Crippen molar-refractivity contribution in [1.29, 1.82) is 0 Å². The van der Waals surface area contributed by atoms with Gasteiger partial charge in [-0.2, -0.15) is 0 Å². The van der Waals surface area contributed by atoms with Crippen molar-refractivity contribution in [3.05, 3.63) is 29.3 Å². The molecule has 122 valence electrons.